The molecule has 1 aliphatic heterocycles. The van der Waals surface area contributed by atoms with Crippen molar-refractivity contribution in [1.82, 2.24) is 10.3 Å². The third-order valence-electron chi connectivity index (χ3n) is 3.51. The van der Waals surface area contributed by atoms with E-state index >= 15 is 0 Å². The van der Waals surface area contributed by atoms with Crippen LogP contribution in [0.1, 0.15) is 34.1 Å². The molecule has 4 nitrogen and oxygen atoms in total. The van der Waals surface area contributed by atoms with Crippen LogP contribution in [0.15, 0.2) is 18.2 Å². The molecule has 0 fully saturated rings. The number of benzene rings is 1. The summed E-state index contributed by atoms with van der Waals surface area (Å²) in [6.07, 6.45) is 0. The van der Waals surface area contributed by atoms with Gasteiger partial charge in [-0.15, -0.1) is 11.3 Å². The molecular formula is C16H20N2O2S. The fourth-order valence-electron chi connectivity index (χ4n) is 2.62. The molecule has 1 unspecified atom stereocenters. The lowest BCUT2D eigenvalue weighted by atomic mass is 10.0. The summed E-state index contributed by atoms with van der Waals surface area (Å²) in [5.41, 5.74) is 2.28. The highest BCUT2D eigenvalue weighted by Crippen LogP contribution is 2.36. The van der Waals surface area contributed by atoms with Crippen molar-refractivity contribution in [2.75, 3.05) is 19.8 Å². The zero-order valence-corrected chi connectivity index (χ0v) is 13.4. The lowest BCUT2D eigenvalue weighted by molar-refractivity contribution is 0.171. The van der Waals surface area contributed by atoms with E-state index in [-0.39, 0.29) is 6.04 Å². The first kappa shape index (κ1) is 14.4. The normalized spacial score (nSPS) is 15.0. The van der Waals surface area contributed by atoms with Crippen molar-refractivity contribution in [3.8, 4) is 11.5 Å². The van der Waals surface area contributed by atoms with Crippen LogP contribution in [-0.4, -0.2) is 24.7 Å². The minimum atomic E-state index is 0.150. The summed E-state index contributed by atoms with van der Waals surface area (Å²) in [6, 6.07) is 6.33. The van der Waals surface area contributed by atoms with Crippen molar-refractivity contribution >= 4 is 11.3 Å². The molecule has 2 aromatic rings. The number of aryl methyl sites for hydroxylation is 2. The minimum absolute atomic E-state index is 0.150. The highest BCUT2D eigenvalue weighted by Gasteiger charge is 2.21. The molecule has 0 amide bonds. The van der Waals surface area contributed by atoms with E-state index in [1.165, 1.54) is 10.4 Å². The summed E-state index contributed by atoms with van der Waals surface area (Å²) in [5, 5.41) is 4.65. The Morgan fingerprint density at radius 2 is 2.00 bits per heavy atom. The van der Waals surface area contributed by atoms with E-state index < -0.39 is 0 Å². The Morgan fingerprint density at radius 3 is 2.67 bits per heavy atom. The molecule has 112 valence electrons. The summed E-state index contributed by atoms with van der Waals surface area (Å²) in [5.74, 6) is 1.66. The van der Waals surface area contributed by atoms with Gasteiger partial charge in [0.1, 0.15) is 13.2 Å². The van der Waals surface area contributed by atoms with Crippen molar-refractivity contribution < 1.29 is 9.47 Å². The van der Waals surface area contributed by atoms with Crippen molar-refractivity contribution in [2.24, 2.45) is 0 Å². The Bertz CT molecular complexity index is 639. The summed E-state index contributed by atoms with van der Waals surface area (Å²) in [6.45, 7) is 8.37. The molecule has 0 spiro atoms. The molecule has 0 saturated heterocycles. The van der Waals surface area contributed by atoms with Crippen LogP contribution in [0, 0.1) is 13.8 Å². The number of hydrogen-bond acceptors (Lipinski definition) is 5. The Balaban J connectivity index is 1.99. The Hall–Kier alpha value is -1.59. The van der Waals surface area contributed by atoms with Crippen LogP contribution in [0.25, 0.3) is 0 Å². The van der Waals surface area contributed by atoms with Gasteiger partial charge in [-0.2, -0.15) is 0 Å². The zero-order chi connectivity index (χ0) is 14.8. The number of rotatable bonds is 4. The van der Waals surface area contributed by atoms with Crippen LogP contribution in [0.5, 0.6) is 11.5 Å². The van der Waals surface area contributed by atoms with Crippen LogP contribution in [0.3, 0.4) is 0 Å². The third kappa shape index (κ3) is 2.89. The quantitative estimate of drug-likeness (QED) is 0.942. The molecule has 0 saturated carbocycles. The van der Waals surface area contributed by atoms with Crippen LogP contribution >= 0.6 is 11.3 Å². The average molecular weight is 304 g/mol. The van der Waals surface area contributed by atoms with Crippen molar-refractivity contribution in [2.45, 2.75) is 26.8 Å². The lowest BCUT2D eigenvalue weighted by Crippen LogP contribution is -2.22. The standard InChI is InChI=1S/C16H20N2O2S/c1-4-17-15(16-10(2)18-11(3)21-16)12-5-6-13-14(9-12)20-8-7-19-13/h5-6,9,15,17H,4,7-8H2,1-3H3. The van der Waals surface area contributed by atoms with E-state index in [0.717, 1.165) is 28.7 Å². The molecular weight excluding hydrogens is 284 g/mol. The zero-order valence-electron chi connectivity index (χ0n) is 12.6. The molecule has 5 heteroatoms. The van der Waals surface area contributed by atoms with Crippen molar-refractivity contribution in [3.05, 3.63) is 39.3 Å². The number of aromatic nitrogens is 1. The van der Waals surface area contributed by atoms with Gasteiger partial charge >= 0.3 is 0 Å². The number of nitrogens with zero attached hydrogens (tertiary/aromatic N) is 1. The molecule has 1 aromatic carbocycles. The van der Waals surface area contributed by atoms with Gasteiger partial charge in [0.25, 0.3) is 0 Å². The maximum Gasteiger partial charge on any atom is 0.161 e. The number of nitrogens with one attached hydrogen (secondary N) is 1. The fourth-order valence-corrected chi connectivity index (χ4v) is 3.65. The highest BCUT2D eigenvalue weighted by molar-refractivity contribution is 7.11. The molecule has 21 heavy (non-hydrogen) atoms. The smallest absolute Gasteiger partial charge is 0.161 e. The topological polar surface area (TPSA) is 43.4 Å². The van der Waals surface area contributed by atoms with Crippen molar-refractivity contribution in [1.29, 1.82) is 0 Å². The Labute approximate surface area is 129 Å². The van der Waals surface area contributed by atoms with Crippen LogP contribution < -0.4 is 14.8 Å². The third-order valence-corrected chi connectivity index (χ3v) is 4.65. The number of ether oxygens (including phenoxy) is 2. The molecule has 1 aliphatic rings. The van der Waals surface area contributed by atoms with Crippen LogP contribution in [-0.2, 0) is 0 Å². The molecule has 0 radical (unpaired) electrons. The van der Waals surface area contributed by atoms with Gasteiger partial charge in [-0.25, -0.2) is 4.98 Å². The first-order chi connectivity index (χ1) is 10.2. The second-order valence-corrected chi connectivity index (χ2v) is 6.31. The second-order valence-electron chi connectivity index (χ2n) is 5.08. The molecule has 0 aliphatic carbocycles. The number of thiazole rings is 1. The summed E-state index contributed by atoms with van der Waals surface area (Å²) in [4.78, 5) is 5.82. The maximum atomic E-state index is 5.70. The largest absolute Gasteiger partial charge is 0.486 e. The predicted octanol–water partition coefficient (Wildman–Crippen LogP) is 3.23. The lowest BCUT2D eigenvalue weighted by Gasteiger charge is -2.22. The van der Waals surface area contributed by atoms with Gasteiger partial charge in [0.15, 0.2) is 11.5 Å². The fraction of sp³-hybridized carbons (Fsp3) is 0.438. The molecule has 3 rings (SSSR count). The van der Waals surface area contributed by atoms with Gasteiger partial charge < -0.3 is 14.8 Å². The molecule has 1 aromatic heterocycles. The van der Waals surface area contributed by atoms with Crippen LogP contribution in [0.2, 0.25) is 0 Å². The molecule has 1 N–H and O–H groups in total. The summed E-state index contributed by atoms with van der Waals surface area (Å²) < 4.78 is 11.3. The summed E-state index contributed by atoms with van der Waals surface area (Å²) >= 11 is 1.75. The minimum Gasteiger partial charge on any atom is -0.486 e. The first-order valence-electron chi connectivity index (χ1n) is 7.26. The first-order valence-corrected chi connectivity index (χ1v) is 8.07. The maximum absolute atomic E-state index is 5.70. The second kappa shape index (κ2) is 6.03. The van der Waals surface area contributed by atoms with E-state index in [4.69, 9.17) is 9.47 Å². The monoisotopic (exact) mass is 304 g/mol. The predicted molar refractivity (Wildman–Crippen MR) is 84.5 cm³/mol. The van der Waals surface area contributed by atoms with Crippen molar-refractivity contribution in [3.63, 3.8) is 0 Å². The Kier molecular flexibility index (Phi) is 4.12. The SMILES string of the molecule is CCNC(c1ccc2c(c1)OCCO2)c1sc(C)nc1C. The van der Waals surface area contributed by atoms with Gasteiger partial charge in [0, 0.05) is 4.88 Å². The highest BCUT2D eigenvalue weighted by atomic mass is 32.1. The number of hydrogen-bond donors (Lipinski definition) is 1. The van der Waals surface area contributed by atoms with Gasteiger partial charge in [-0.05, 0) is 38.1 Å². The molecule has 1 atom stereocenters. The van der Waals surface area contributed by atoms with E-state index in [1.54, 1.807) is 11.3 Å². The van der Waals surface area contributed by atoms with E-state index in [9.17, 15) is 0 Å². The van der Waals surface area contributed by atoms with Gasteiger partial charge in [0.05, 0.1) is 16.7 Å². The van der Waals surface area contributed by atoms with E-state index in [1.807, 2.05) is 13.0 Å². The van der Waals surface area contributed by atoms with Crippen LogP contribution in [0.4, 0.5) is 0 Å². The van der Waals surface area contributed by atoms with E-state index in [0.29, 0.717) is 13.2 Å². The Morgan fingerprint density at radius 1 is 1.24 bits per heavy atom. The summed E-state index contributed by atoms with van der Waals surface area (Å²) in [7, 11) is 0. The van der Waals surface area contributed by atoms with E-state index in [2.05, 4.69) is 36.3 Å². The van der Waals surface area contributed by atoms with Gasteiger partial charge in [-0.1, -0.05) is 13.0 Å². The molecule has 2 heterocycles. The van der Waals surface area contributed by atoms with Gasteiger partial charge in [-0.3, -0.25) is 0 Å². The average Bonchev–Trinajstić information content (AvgIpc) is 2.83. The number of fused-ring (bicyclic) bond motifs is 1. The van der Waals surface area contributed by atoms with Gasteiger partial charge in [0.2, 0.25) is 0 Å². The molecule has 0 bridgehead atoms.